The van der Waals surface area contributed by atoms with Gasteiger partial charge in [-0.3, -0.25) is 10.1 Å². The Kier molecular flexibility index (Phi) is 3.43. The Hall–Kier alpha value is -1.72. The third kappa shape index (κ3) is 2.52. The minimum absolute atomic E-state index is 0.0482. The van der Waals surface area contributed by atoms with Gasteiger partial charge in [0.25, 0.3) is 5.69 Å². The van der Waals surface area contributed by atoms with Crippen LogP contribution in [0.25, 0.3) is 0 Å². The number of rotatable bonds is 5. The van der Waals surface area contributed by atoms with Gasteiger partial charge in [0.2, 0.25) is 0 Å². The number of nitrogens with one attached hydrogen (secondary N) is 1. The molecule has 6 heteroatoms. The molecule has 0 atom stereocenters. The molecule has 0 amide bonds. The van der Waals surface area contributed by atoms with Crippen molar-refractivity contribution < 1.29 is 13.7 Å². The molecule has 2 rings (SSSR count). The Labute approximate surface area is 110 Å². The summed E-state index contributed by atoms with van der Waals surface area (Å²) in [5, 5.41) is 13.6. The fourth-order valence-corrected chi connectivity index (χ4v) is 2.24. The summed E-state index contributed by atoms with van der Waals surface area (Å²) in [6, 6.07) is 1.75. The Morgan fingerprint density at radius 3 is 2.53 bits per heavy atom. The first-order chi connectivity index (χ1) is 8.87. The molecule has 1 aromatic rings. The van der Waals surface area contributed by atoms with Crippen LogP contribution in [0.3, 0.4) is 0 Å². The molecule has 104 valence electrons. The summed E-state index contributed by atoms with van der Waals surface area (Å²) in [5.41, 5.74) is -0.734. The minimum atomic E-state index is -1.19. The number of nitro groups is 1. The van der Waals surface area contributed by atoms with Crippen molar-refractivity contribution >= 4 is 11.4 Å². The lowest BCUT2D eigenvalue weighted by atomic mass is 9.92. The molecular weight excluding hydrogens is 254 g/mol. The SMILES string of the molecule is CC(C)C1(CNc2c([N+](=O)[O-])ccc(F)c2F)CC1. The molecule has 0 radical (unpaired) electrons. The van der Waals surface area contributed by atoms with Crippen LogP contribution >= 0.6 is 0 Å². The van der Waals surface area contributed by atoms with E-state index in [-0.39, 0.29) is 11.1 Å². The van der Waals surface area contributed by atoms with Crippen molar-refractivity contribution in [3.8, 4) is 0 Å². The second-order valence-corrected chi connectivity index (χ2v) is 5.38. The minimum Gasteiger partial charge on any atom is -0.376 e. The first-order valence-corrected chi connectivity index (χ1v) is 6.23. The number of anilines is 1. The van der Waals surface area contributed by atoms with Crippen LogP contribution in [-0.2, 0) is 0 Å². The zero-order valence-corrected chi connectivity index (χ0v) is 10.9. The summed E-state index contributed by atoms with van der Waals surface area (Å²) >= 11 is 0. The standard InChI is InChI=1S/C13H16F2N2O2/c1-8(2)13(5-6-13)7-16-12-10(17(18)19)4-3-9(14)11(12)15/h3-4,8,16H,5-7H2,1-2H3. The van der Waals surface area contributed by atoms with Crippen LogP contribution in [0.4, 0.5) is 20.2 Å². The first kappa shape index (κ1) is 13.7. The van der Waals surface area contributed by atoms with Gasteiger partial charge in [-0.05, 0) is 30.2 Å². The second kappa shape index (κ2) is 4.75. The average molecular weight is 270 g/mol. The quantitative estimate of drug-likeness (QED) is 0.655. The molecule has 0 unspecified atom stereocenters. The fourth-order valence-electron chi connectivity index (χ4n) is 2.24. The van der Waals surface area contributed by atoms with E-state index >= 15 is 0 Å². The number of hydrogen-bond acceptors (Lipinski definition) is 3. The largest absolute Gasteiger partial charge is 0.376 e. The first-order valence-electron chi connectivity index (χ1n) is 6.23. The number of benzene rings is 1. The molecule has 19 heavy (non-hydrogen) atoms. The molecule has 0 saturated heterocycles. The molecule has 0 bridgehead atoms. The normalized spacial score (nSPS) is 16.5. The molecule has 1 aromatic carbocycles. The highest BCUT2D eigenvalue weighted by Gasteiger charge is 2.45. The van der Waals surface area contributed by atoms with Gasteiger partial charge in [0.15, 0.2) is 17.3 Å². The molecule has 1 N–H and O–H groups in total. The van der Waals surface area contributed by atoms with Gasteiger partial charge < -0.3 is 5.32 Å². The number of hydrogen-bond donors (Lipinski definition) is 1. The van der Waals surface area contributed by atoms with Gasteiger partial charge >= 0.3 is 0 Å². The molecule has 0 heterocycles. The molecule has 4 nitrogen and oxygen atoms in total. The van der Waals surface area contributed by atoms with Gasteiger partial charge in [-0.15, -0.1) is 0 Å². The lowest BCUT2D eigenvalue weighted by Gasteiger charge is -2.20. The van der Waals surface area contributed by atoms with Crippen LogP contribution in [0.5, 0.6) is 0 Å². The monoisotopic (exact) mass is 270 g/mol. The van der Waals surface area contributed by atoms with Crippen LogP contribution in [0.15, 0.2) is 12.1 Å². The van der Waals surface area contributed by atoms with Gasteiger partial charge in [-0.2, -0.15) is 0 Å². The van der Waals surface area contributed by atoms with Crippen molar-refractivity contribution in [2.75, 3.05) is 11.9 Å². The van der Waals surface area contributed by atoms with Crippen LogP contribution in [0, 0.1) is 33.1 Å². The summed E-state index contributed by atoms with van der Waals surface area (Å²) in [4.78, 5) is 10.1. The number of halogens is 2. The van der Waals surface area contributed by atoms with Crippen molar-refractivity contribution in [2.24, 2.45) is 11.3 Å². The van der Waals surface area contributed by atoms with E-state index in [1.54, 1.807) is 0 Å². The van der Waals surface area contributed by atoms with E-state index < -0.39 is 22.2 Å². The summed E-state index contributed by atoms with van der Waals surface area (Å²) < 4.78 is 26.9. The highest BCUT2D eigenvalue weighted by atomic mass is 19.2. The Morgan fingerprint density at radius 1 is 1.42 bits per heavy atom. The van der Waals surface area contributed by atoms with E-state index in [1.165, 1.54) is 0 Å². The van der Waals surface area contributed by atoms with Gasteiger partial charge in [-0.25, -0.2) is 8.78 Å². The Bertz CT molecular complexity index is 514. The van der Waals surface area contributed by atoms with Crippen molar-refractivity contribution in [3.63, 3.8) is 0 Å². The molecule has 0 aromatic heterocycles. The van der Waals surface area contributed by atoms with E-state index in [2.05, 4.69) is 19.2 Å². The maximum Gasteiger partial charge on any atom is 0.295 e. The molecule has 1 saturated carbocycles. The highest BCUT2D eigenvalue weighted by molar-refractivity contribution is 5.62. The topological polar surface area (TPSA) is 55.2 Å². The molecule has 1 fully saturated rings. The number of nitro benzene ring substituents is 1. The van der Waals surface area contributed by atoms with Gasteiger partial charge in [0.05, 0.1) is 4.92 Å². The van der Waals surface area contributed by atoms with Gasteiger partial charge in [0.1, 0.15) is 0 Å². The fraction of sp³-hybridized carbons (Fsp3) is 0.538. The lowest BCUT2D eigenvalue weighted by Crippen LogP contribution is -2.22. The van der Waals surface area contributed by atoms with Crippen molar-refractivity contribution in [2.45, 2.75) is 26.7 Å². The van der Waals surface area contributed by atoms with E-state index in [0.29, 0.717) is 12.5 Å². The summed E-state index contributed by atoms with van der Waals surface area (Å²) in [7, 11) is 0. The molecule has 1 aliphatic rings. The maximum atomic E-state index is 13.7. The van der Waals surface area contributed by atoms with Crippen LogP contribution < -0.4 is 5.32 Å². The smallest absolute Gasteiger partial charge is 0.295 e. The third-order valence-electron chi connectivity index (χ3n) is 4.00. The molecular formula is C13H16F2N2O2. The Morgan fingerprint density at radius 2 is 2.05 bits per heavy atom. The van der Waals surface area contributed by atoms with E-state index in [9.17, 15) is 18.9 Å². The average Bonchev–Trinajstić information content (AvgIpc) is 3.11. The van der Waals surface area contributed by atoms with E-state index in [1.807, 2.05) is 0 Å². The zero-order chi connectivity index (χ0) is 14.2. The Balaban J connectivity index is 2.24. The predicted octanol–water partition coefficient (Wildman–Crippen LogP) is 3.72. The van der Waals surface area contributed by atoms with Crippen LogP contribution in [0.2, 0.25) is 0 Å². The summed E-state index contributed by atoms with van der Waals surface area (Å²) in [6.45, 7) is 4.54. The van der Waals surface area contributed by atoms with Crippen molar-refractivity contribution in [1.82, 2.24) is 0 Å². The van der Waals surface area contributed by atoms with Crippen LogP contribution in [-0.4, -0.2) is 11.5 Å². The summed E-state index contributed by atoms with van der Waals surface area (Å²) in [6.07, 6.45) is 2.00. The maximum absolute atomic E-state index is 13.7. The number of nitrogens with zero attached hydrogens (tertiary/aromatic N) is 1. The van der Waals surface area contributed by atoms with E-state index in [0.717, 1.165) is 25.0 Å². The van der Waals surface area contributed by atoms with Crippen molar-refractivity contribution in [3.05, 3.63) is 33.9 Å². The van der Waals surface area contributed by atoms with Gasteiger partial charge in [-0.1, -0.05) is 13.8 Å². The van der Waals surface area contributed by atoms with Crippen LogP contribution in [0.1, 0.15) is 26.7 Å². The highest BCUT2D eigenvalue weighted by Crippen LogP contribution is 2.52. The molecule has 0 spiro atoms. The molecule has 1 aliphatic carbocycles. The summed E-state index contributed by atoms with van der Waals surface area (Å²) in [5.74, 6) is -1.87. The van der Waals surface area contributed by atoms with Crippen molar-refractivity contribution in [1.29, 1.82) is 0 Å². The predicted molar refractivity (Wildman–Crippen MR) is 68.0 cm³/mol. The third-order valence-corrected chi connectivity index (χ3v) is 4.00. The lowest BCUT2D eigenvalue weighted by molar-refractivity contribution is -0.384. The zero-order valence-electron chi connectivity index (χ0n) is 10.9. The van der Waals surface area contributed by atoms with E-state index in [4.69, 9.17) is 0 Å². The second-order valence-electron chi connectivity index (χ2n) is 5.38. The molecule has 0 aliphatic heterocycles. The van der Waals surface area contributed by atoms with Gasteiger partial charge in [0, 0.05) is 12.6 Å².